The Kier molecular flexibility index (Phi) is 2.46. The Morgan fingerprint density at radius 2 is 2.33 bits per heavy atom. The van der Waals surface area contributed by atoms with Crippen LogP contribution in [0.5, 0.6) is 0 Å². The average molecular weight is 203 g/mol. The van der Waals surface area contributed by atoms with E-state index in [2.05, 4.69) is 4.57 Å². The van der Waals surface area contributed by atoms with Gasteiger partial charge in [-0.2, -0.15) is 0 Å². The summed E-state index contributed by atoms with van der Waals surface area (Å²) >= 11 is 0. The van der Waals surface area contributed by atoms with E-state index in [9.17, 15) is 4.79 Å². The van der Waals surface area contributed by atoms with Crippen LogP contribution in [0.25, 0.3) is 11.5 Å². The quantitative estimate of drug-likeness (QED) is 0.719. The van der Waals surface area contributed by atoms with Gasteiger partial charge in [0.25, 0.3) is 0 Å². The van der Waals surface area contributed by atoms with Crippen LogP contribution in [0, 0.1) is 6.92 Å². The molecule has 0 amide bonds. The molecule has 0 fully saturated rings. The third-order valence-electron chi connectivity index (χ3n) is 2.62. The normalized spacial score (nSPS) is 10.5. The van der Waals surface area contributed by atoms with Crippen LogP contribution in [0.15, 0.2) is 28.9 Å². The Hall–Kier alpha value is -1.77. The third kappa shape index (κ3) is 1.50. The molecule has 0 atom stereocenters. The van der Waals surface area contributed by atoms with E-state index in [0.717, 1.165) is 35.5 Å². The molecule has 0 aliphatic heterocycles. The number of nitrogens with zero attached hydrogens (tertiary/aromatic N) is 1. The summed E-state index contributed by atoms with van der Waals surface area (Å²) in [6, 6.07) is 5.61. The summed E-state index contributed by atoms with van der Waals surface area (Å²) in [6.07, 6.45) is 2.52. The van der Waals surface area contributed by atoms with Crippen LogP contribution in [0.3, 0.4) is 0 Å². The van der Waals surface area contributed by atoms with Crippen LogP contribution in [0.4, 0.5) is 0 Å². The summed E-state index contributed by atoms with van der Waals surface area (Å²) in [5, 5.41) is 0. The van der Waals surface area contributed by atoms with Gasteiger partial charge in [-0.1, -0.05) is 0 Å². The molecular formula is C12H13NO2. The van der Waals surface area contributed by atoms with E-state index in [0.29, 0.717) is 0 Å². The molecule has 0 spiro atoms. The van der Waals surface area contributed by atoms with Crippen molar-refractivity contribution in [3.05, 3.63) is 35.7 Å². The molecule has 0 bridgehead atoms. The van der Waals surface area contributed by atoms with E-state index >= 15 is 0 Å². The molecule has 0 aliphatic rings. The van der Waals surface area contributed by atoms with Crippen LogP contribution in [-0.2, 0) is 6.54 Å². The summed E-state index contributed by atoms with van der Waals surface area (Å²) in [5.41, 5.74) is 2.67. The Labute approximate surface area is 88.3 Å². The van der Waals surface area contributed by atoms with Crippen molar-refractivity contribution in [2.45, 2.75) is 20.4 Å². The van der Waals surface area contributed by atoms with E-state index in [1.54, 1.807) is 6.26 Å². The highest BCUT2D eigenvalue weighted by molar-refractivity contribution is 5.80. The topological polar surface area (TPSA) is 35.1 Å². The van der Waals surface area contributed by atoms with Gasteiger partial charge >= 0.3 is 0 Å². The highest BCUT2D eigenvalue weighted by atomic mass is 16.3. The maximum atomic E-state index is 10.8. The van der Waals surface area contributed by atoms with Gasteiger partial charge in [0.1, 0.15) is 5.76 Å². The predicted octanol–water partition coefficient (Wildman–Crippen LogP) is 2.89. The molecule has 0 saturated heterocycles. The number of aromatic nitrogens is 1. The Morgan fingerprint density at radius 3 is 2.87 bits per heavy atom. The number of carbonyl (C=O) groups excluding carboxylic acids is 1. The van der Waals surface area contributed by atoms with Crippen LogP contribution >= 0.6 is 0 Å². The molecule has 2 heterocycles. The fourth-order valence-corrected chi connectivity index (χ4v) is 1.82. The first-order chi connectivity index (χ1) is 7.27. The maximum absolute atomic E-state index is 10.8. The molecule has 0 aromatic carbocycles. The smallest absolute Gasteiger partial charge is 0.151 e. The van der Waals surface area contributed by atoms with Crippen molar-refractivity contribution in [3.8, 4) is 11.5 Å². The second kappa shape index (κ2) is 3.77. The van der Waals surface area contributed by atoms with Crippen LogP contribution in [0.2, 0.25) is 0 Å². The second-order valence-corrected chi connectivity index (χ2v) is 3.41. The van der Waals surface area contributed by atoms with Crippen molar-refractivity contribution < 1.29 is 9.21 Å². The molecule has 15 heavy (non-hydrogen) atoms. The van der Waals surface area contributed by atoms with Gasteiger partial charge in [-0.05, 0) is 32.0 Å². The van der Waals surface area contributed by atoms with Crippen LogP contribution in [-0.4, -0.2) is 10.9 Å². The molecule has 78 valence electrons. The highest BCUT2D eigenvalue weighted by Gasteiger charge is 2.13. The number of hydrogen-bond donors (Lipinski definition) is 0. The minimum absolute atomic E-state index is 0.725. The Morgan fingerprint density at radius 1 is 1.53 bits per heavy atom. The molecular weight excluding hydrogens is 190 g/mol. The van der Waals surface area contributed by atoms with Gasteiger partial charge in [0.05, 0.1) is 12.0 Å². The standard InChI is InChI=1S/C12H13NO2/c1-3-13-9(2)10(8-14)7-11(13)12-5-4-6-15-12/h4-8H,3H2,1-2H3. The molecule has 3 nitrogen and oxygen atoms in total. The largest absolute Gasteiger partial charge is 0.463 e. The molecule has 0 unspecified atom stereocenters. The number of hydrogen-bond acceptors (Lipinski definition) is 2. The van der Waals surface area contributed by atoms with Gasteiger partial charge in [0.2, 0.25) is 0 Å². The molecule has 3 heteroatoms. The lowest BCUT2D eigenvalue weighted by atomic mass is 10.2. The lowest BCUT2D eigenvalue weighted by molar-refractivity contribution is 0.112. The molecule has 2 aromatic heterocycles. The van der Waals surface area contributed by atoms with Gasteiger partial charge < -0.3 is 8.98 Å². The summed E-state index contributed by atoms with van der Waals surface area (Å²) in [7, 11) is 0. The molecule has 0 radical (unpaired) electrons. The summed E-state index contributed by atoms with van der Waals surface area (Å²) in [4.78, 5) is 10.8. The van der Waals surface area contributed by atoms with Crippen molar-refractivity contribution >= 4 is 6.29 Å². The first-order valence-electron chi connectivity index (χ1n) is 4.97. The van der Waals surface area contributed by atoms with Crippen molar-refractivity contribution in [2.75, 3.05) is 0 Å². The summed E-state index contributed by atoms with van der Waals surface area (Å²) in [6.45, 7) is 4.82. The minimum atomic E-state index is 0.725. The average Bonchev–Trinajstić information content (AvgIpc) is 2.84. The number of furan rings is 1. The number of carbonyl (C=O) groups is 1. The molecule has 0 saturated carbocycles. The minimum Gasteiger partial charge on any atom is -0.463 e. The zero-order chi connectivity index (χ0) is 10.8. The Balaban J connectivity index is 2.61. The van der Waals surface area contributed by atoms with E-state index in [1.165, 1.54) is 0 Å². The zero-order valence-corrected chi connectivity index (χ0v) is 8.86. The molecule has 2 rings (SSSR count). The third-order valence-corrected chi connectivity index (χ3v) is 2.62. The fraction of sp³-hybridized carbons (Fsp3) is 0.250. The van der Waals surface area contributed by atoms with Crippen molar-refractivity contribution in [2.24, 2.45) is 0 Å². The zero-order valence-electron chi connectivity index (χ0n) is 8.86. The van der Waals surface area contributed by atoms with Gasteiger partial charge in [-0.3, -0.25) is 4.79 Å². The van der Waals surface area contributed by atoms with Gasteiger partial charge in [-0.15, -0.1) is 0 Å². The molecule has 0 aliphatic carbocycles. The lowest BCUT2D eigenvalue weighted by Crippen LogP contribution is -1.99. The van der Waals surface area contributed by atoms with Gasteiger partial charge in [0.15, 0.2) is 6.29 Å². The number of rotatable bonds is 3. The first kappa shape index (κ1) is 9.77. The maximum Gasteiger partial charge on any atom is 0.151 e. The fourth-order valence-electron chi connectivity index (χ4n) is 1.82. The second-order valence-electron chi connectivity index (χ2n) is 3.41. The SMILES string of the molecule is CCn1c(-c2ccco2)cc(C=O)c1C. The van der Waals surface area contributed by atoms with E-state index in [1.807, 2.05) is 32.0 Å². The summed E-state index contributed by atoms with van der Waals surface area (Å²) < 4.78 is 7.41. The predicted molar refractivity (Wildman–Crippen MR) is 57.9 cm³/mol. The van der Waals surface area contributed by atoms with E-state index in [4.69, 9.17) is 4.42 Å². The van der Waals surface area contributed by atoms with Crippen molar-refractivity contribution in [1.29, 1.82) is 0 Å². The van der Waals surface area contributed by atoms with E-state index in [-0.39, 0.29) is 0 Å². The first-order valence-corrected chi connectivity index (χ1v) is 4.97. The van der Waals surface area contributed by atoms with Crippen molar-refractivity contribution in [1.82, 2.24) is 4.57 Å². The molecule has 2 aromatic rings. The highest BCUT2D eigenvalue weighted by Crippen LogP contribution is 2.25. The lowest BCUT2D eigenvalue weighted by Gasteiger charge is -2.06. The summed E-state index contributed by atoms with van der Waals surface area (Å²) in [5.74, 6) is 0.799. The van der Waals surface area contributed by atoms with Crippen LogP contribution < -0.4 is 0 Å². The van der Waals surface area contributed by atoms with Crippen molar-refractivity contribution in [3.63, 3.8) is 0 Å². The van der Waals surface area contributed by atoms with E-state index < -0.39 is 0 Å². The Bertz CT molecular complexity index is 466. The monoisotopic (exact) mass is 203 g/mol. The van der Waals surface area contributed by atoms with Crippen LogP contribution in [0.1, 0.15) is 23.0 Å². The number of aldehydes is 1. The molecule has 0 N–H and O–H groups in total. The van der Waals surface area contributed by atoms with Gasteiger partial charge in [-0.25, -0.2) is 0 Å². The van der Waals surface area contributed by atoms with Gasteiger partial charge in [0, 0.05) is 17.8 Å².